The van der Waals surface area contributed by atoms with E-state index in [1.807, 2.05) is 0 Å². The number of hydrogen-bond donors (Lipinski definition) is 1. The molecule has 0 aromatic carbocycles. The van der Waals surface area contributed by atoms with Crippen LogP contribution < -0.4 is 5.32 Å². The molecule has 1 rings (SSSR count). The Bertz CT molecular complexity index is 251. The molecular formula is C10H15ClN2O. The van der Waals surface area contributed by atoms with E-state index >= 15 is 0 Å². The number of hydrogen-bond acceptors (Lipinski definition) is 2. The summed E-state index contributed by atoms with van der Waals surface area (Å²) in [6.45, 7) is 1.62. The second kappa shape index (κ2) is 4.65. The van der Waals surface area contributed by atoms with Gasteiger partial charge in [-0.1, -0.05) is 19.3 Å². The number of carbonyl (C=O) groups excluding carboxylic acids is 1. The number of rotatable bonds is 2. The van der Waals surface area contributed by atoms with Crippen molar-refractivity contribution >= 4 is 17.5 Å². The number of nitriles is 1. The third-order valence-corrected chi connectivity index (χ3v) is 2.84. The highest BCUT2D eigenvalue weighted by Crippen LogP contribution is 2.27. The van der Waals surface area contributed by atoms with Crippen LogP contribution in [0.15, 0.2) is 0 Å². The molecule has 1 amide bonds. The minimum atomic E-state index is -0.654. The Labute approximate surface area is 89.4 Å². The van der Waals surface area contributed by atoms with Crippen molar-refractivity contribution in [2.75, 3.05) is 0 Å². The fourth-order valence-electron chi connectivity index (χ4n) is 1.76. The van der Waals surface area contributed by atoms with E-state index in [1.54, 1.807) is 6.92 Å². The van der Waals surface area contributed by atoms with Gasteiger partial charge >= 0.3 is 0 Å². The topological polar surface area (TPSA) is 52.9 Å². The molecule has 4 heteroatoms. The smallest absolute Gasteiger partial charge is 0.239 e. The quantitative estimate of drug-likeness (QED) is 0.715. The molecule has 0 aliphatic heterocycles. The molecule has 1 N–H and O–H groups in total. The van der Waals surface area contributed by atoms with Crippen LogP contribution in [0.1, 0.15) is 39.0 Å². The molecule has 0 saturated heterocycles. The lowest BCUT2D eigenvalue weighted by Gasteiger charge is -2.31. The molecule has 0 spiro atoms. The van der Waals surface area contributed by atoms with Gasteiger partial charge in [-0.25, -0.2) is 0 Å². The summed E-state index contributed by atoms with van der Waals surface area (Å²) in [4.78, 5) is 11.4. The van der Waals surface area contributed by atoms with Crippen molar-refractivity contribution in [3.63, 3.8) is 0 Å². The van der Waals surface area contributed by atoms with Crippen LogP contribution in [-0.2, 0) is 4.79 Å². The number of halogens is 1. The Morgan fingerprint density at radius 3 is 2.50 bits per heavy atom. The molecule has 78 valence electrons. The first-order valence-corrected chi connectivity index (χ1v) is 5.41. The van der Waals surface area contributed by atoms with Crippen molar-refractivity contribution in [2.24, 2.45) is 0 Å². The van der Waals surface area contributed by atoms with Gasteiger partial charge in [0.2, 0.25) is 5.91 Å². The SMILES string of the molecule is C[C@H](Cl)C(=O)NC1(C#N)CCCCC1. The van der Waals surface area contributed by atoms with E-state index in [9.17, 15) is 4.79 Å². The maximum atomic E-state index is 11.4. The van der Waals surface area contributed by atoms with Crippen molar-refractivity contribution < 1.29 is 4.79 Å². The molecule has 0 radical (unpaired) electrons. The third-order valence-electron chi connectivity index (χ3n) is 2.64. The molecule has 1 saturated carbocycles. The number of amides is 1. The van der Waals surface area contributed by atoms with E-state index in [0.717, 1.165) is 32.1 Å². The van der Waals surface area contributed by atoms with E-state index in [0.29, 0.717) is 0 Å². The number of nitrogens with zero attached hydrogens (tertiary/aromatic N) is 1. The molecule has 0 aromatic rings. The Morgan fingerprint density at radius 2 is 2.07 bits per heavy atom. The predicted octanol–water partition coefficient (Wildman–Crippen LogP) is 1.96. The van der Waals surface area contributed by atoms with E-state index in [-0.39, 0.29) is 5.91 Å². The summed E-state index contributed by atoms with van der Waals surface area (Å²) < 4.78 is 0. The molecule has 0 unspecified atom stereocenters. The van der Waals surface area contributed by atoms with Gasteiger partial charge in [0.1, 0.15) is 10.9 Å². The van der Waals surface area contributed by atoms with Crippen molar-refractivity contribution in [3.8, 4) is 6.07 Å². The first-order chi connectivity index (χ1) is 6.59. The van der Waals surface area contributed by atoms with Crippen LogP contribution in [0.3, 0.4) is 0 Å². The van der Waals surface area contributed by atoms with Gasteiger partial charge in [-0.3, -0.25) is 4.79 Å². The molecule has 0 heterocycles. The lowest BCUT2D eigenvalue weighted by atomic mass is 9.83. The zero-order valence-electron chi connectivity index (χ0n) is 8.35. The molecule has 1 atom stereocenters. The summed E-state index contributed by atoms with van der Waals surface area (Å²) in [7, 11) is 0. The fraction of sp³-hybridized carbons (Fsp3) is 0.800. The summed E-state index contributed by atoms with van der Waals surface area (Å²) in [6.07, 6.45) is 4.66. The molecule has 0 aromatic heterocycles. The summed E-state index contributed by atoms with van der Waals surface area (Å²) in [5.41, 5.74) is -0.654. The molecule has 1 aliphatic carbocycles. The Hall–Kier alpha value is -0.750. The Morgan fingerprint density at radius 1 is 1.50 bits per heavy atom. The van der Waals surface area contributed by atoms with Crippen LogP contribution in [0.4, 0.5) is 0 Å². The molecule has 1 fully saturated rings. The zero-order valence-corrected chi connectivity index (χ0v) is 9.10. The van der Waals surface area contributed by atoms with Gasteiger partial charge in [0, 0.05) is 0 Å². The van der Waals surface area contributed by atoms with Crippen LogP contribution in [0, 0.1) is 11.3 Å². The highest BCUT2D eigenvalue weighted by Gasteiger charge is 2.34. The summed E-state index contributed by atoms with van der Waals surface area (Å²) >= 11 is 5.64. The molecule has 14 heavy (non-hydrogen) atoms. The predicted molar refractivity (Wildman–Crippen MR) is 54.9 cm³/mol. The van der Waals surface area contributed by atoms with Crippen LogP contribution >= 0.6 is 11.6 Å². The standard InChI is InChI=1S/C10H15ClN2O/c1-8(11)9(14)13-10(7-12)5-3-2-4-6-10/h8H,2-6H2,1H3,(H,13,14)/t8-/m0/s1. The molecule has 1 aliphatic rings. The van der Waals surface area contributed by atoms with Gasteiger partial charge in [-0.05, 0) is 19.8 Å². The van der Waals surface area contributed by atoms with Crippen molar-refractivity contribution in [1.82, 2.24) is 5.32 Å². The fourth-order valence-corrected chi connectivity index (χ4v) is 1.81. The van der Waals surface area contributed by atoms with Gasteiger partial charge in [0.25, 0.3) is 0 Å². The van der Waals surface area contributed by atoms with Crippen molar-refractivity contribution in [2.45, 2.75) is 49.9 Å². The number of alkyl halides is 1. The summed E-state index contributed by atoms with van der Waals surface area (Å²) in [5, 5.41) is 11.2. The maximum absolute atomic E-state index is 11.4. The van der Waals surface area contributed by atoms with Gasteiger partial charge in [-0.2, -0.15) is 5.26 Å². The van der Waals surface area contributed by atoms with Gasteiger partial charge in [0.15, 0.2) is 0 Å². The number of nitrogens with one attached hydrogen (secondary N) is 1. The van der Waals surface area contributed by atoms with Crippen LogP contribution in [0.2, 0.25) is 0 Å². The summed E-state index contributed by atoms with van der Waals surface area (Å²) in [5.74, 6) is -0.241. The highest BCUT2D eigenvalue weighted by atomic mass is 35.5. The monoisotopic (exact) mass is 214 g/mol. The average molecular weight is 215 g/mol. The maximum Gasteiger partial charge on any atom is 0.239 e. The first kappa shape index (κ1) is 11.3. The van der Waals surface area contributed by atoms with Crippen molar-refractivity contribution in [1.29, 1.82) is 5.26 Å². The van der Waals surface area contributed by atoms with Gasteiger partial charge < -0.3 is 5.32 Å². The minimum absolute atomic E-state index is 0.241. The van der Waals surface area contributed by atoms with Gasteiger partial charge in [-0.15, -0.1) is 11.6 Å². The second-order valence-corrected chi connectivity index (χ2v) is 4.51. The van der Waals surface area contributed by atoms with Crippen molar-refractivity contribution in [3.05, 3.63) is 0 Å². The van der Waals surface area contributed by atoms with E-state index in [2.05, 4.69) is 11.4 Å². The van der Waals surface area contributed by atoms with E-state index < -0.39 is 10.9 Å². The highest BCUT2D eigenvalue weighted by molar-refractivity contribution is 6.30. The molecule has 3 nitrogen and oxygen atoms in total. The van der Waals surface area contributed by atoms with E-state index in [1.165, 1.54) is 0 Å². The second-order valence-electron chi connectivity index (χ2n) is 3.86. The molecular weight excluding hydrogens is 200 g/mol. The van der Waals surface area contributed by atoms with Gasteiger partial charge in [0.05, 0.1) is 6.07 Å². The Balaban J connectivity index is 2.62. The first-order valence-electron chi connectivity index (χ1n) is 4.97. The average Bonchev–Trinajstić information content (AvgIpc) is 2.19. The van der Waals surface area contributed by atoms with Crippen LogP contribution in [0.25, 0.3) is 0 Å². The van der Waals surface area contributed by atoms with Crippen LogP contribution in [-0.4, -0.2) is 16.8 Å². The zero-order chi connectivity index (χ0) is 10.6. The minimum Gasteiger partial charge on any atom is -0.337 e. The molecule has 0 bridgehead atoms. The van der Waals surface area contributed by atoms with E-state index in [4.69, 9.17) is 16.9 Å². The lowest BCUT2D eigenvalue weighted by molar-refractivity contribution is -0.122. The number of carbonyl (C=O) groups is 1. The Kier molecular flexibility index (Phi) is 3.77. The third kappa shape index (κ3) is 2.62. The van der Waals surface area contributed by atoms with Crippen LogP contribution in [0.5, 0.6) is 0 Å². The lowest BCUT2D eigenvalue weighted by Crippen LogP contribution is -2.50. The normalized spacial score (nSPS) is 22.1. The largest absolute Gasteiger partial charge is 0.337 e. The summed E-state index contributed by atoms with van der Waals surface area (Å²) in [6, 6.07) is 2.21.